The van der Waals surface area contributed by atoms with Gasteiger partial charge in [-0.05, 0) is 36.8 Å². The standard InChI is InChI=1S/C15H23N/c1-12-8-4-5-9-13(12)16-14-10-6-7-11-15(14,2)3/h4-5,8-9,14,16H,6-7,10-11H2,1-3H3. The van der Waals surface area contributed by atoms with E-state index >= 15 is 0 Å². The molecule has 1 heteroatoms. The van der Waals surface area contributed by atoms with Crippen molar-refractivity contribution in [1.82, 2.24) is 0 Å². The van der Waals surface area contributed by atoms with E-state index in [0.717, 1.165) is 0 Å². The van der Waals surface area contributed by atoms with Crippen LogP contribution in [0, 0.1) is 12.3 Å². The van der Waals surface area contributed by atoms with E-state index in [1.807, 2.05) is 0 Å². The second kappa shape index (κ2) is 4.48. The Labute approximate surface area is 99.3 Å². The van der Waals surface area contributed by atoms with Crippen molar-refractivity contribution in [3.8, 4) is 0 Å². The summed E-state index contributed by atoms with van der Waals surface area (Å²) in [5, 5.41) is 3.74. The van der Waals surface area contributed by atoms with E-state index in [9.17, 15) is 0 Å². The van der Waals surface area contributed by atoms with Gasteiger partial charge in [-0.25, -0.2) is 0 Å². The summed E-state index contributed by atoms with van der Waals surface area (Å²) in [5.41, 5.74) is 3.09. The molecular formula is C15H23N. The fraction of sp³-hybridized carbons (Fsp3) is 0.600. The lowest BCUT2D eigenvalue weighted by atomic mass is 9.73. The molecule has 1 unspecified atom stereocenters. The molecule has 0 amide bonds. The van der Waals surface area contributed by atoms with Crippen LogP contribution >= 0.6 is 0 Å². The van der Waals surface area contributed by atoms with Gasteiger partial charge < -0.3 is 5.32 Å². The minimum Gasteiger partial charge on any atom is -0.382 e. The molecule has 0 spiro atoms. The van der Waals surface area contributed by atoms with Crippen LogP contribution < -0.4 is 5.32 Å². The second-order valence-corrected chi connectivity index (χ2v) is 5.75. The molecule has 2 rings (SSSR count). The molecule has 1 saturated carbocycles. The summed E-state index contributed by atoms with van der Waals surface area (Å²) in [4.78, 5) is 0. The molecule has 1 aromatic carbocycles. The van der Waals surface area contributed by atoms with Gasteiger partial charge >= 0.3 is 0 Å². The van der Waals surface area contributed by atoms with Crippen LogP contribution in [-0.2, 0) is 0 Å². The molecule has 1 aromatic rings. The van der Waals surface area contributed by atoms with Crippen molar-refractivity contribution in [2.24, 2.45) is 5.41 Å². The van der Waals surface area contributed by atoms with Crippen LogP contribution in [0.15, 0.2) is 24.3 Å². The van der Waals surface area contributed by atoms with Gasteiger partial charge in [-0.1, -0.05) is 44.9 Å². The lowest BCUT2D eigenvalue weighted by Gasteiger charge is -2.40. The maximum atomic E-state index is 3.74. The van der Waals surface area contributed by atoms with Gasteiger partial charge in [0.05, 0.1) is 0 Å². The zero-order valence-electron chi connectivity index (χ0n) is 10.7. The number of benzene rings is 1. The highest BCUT2D eigenvalue weighted by Gasteiger charge is 2.32. The highest BCUT2D eigenvalue weighted by atomic mass is 14.9. The van der Waals surface area contributed by atoms with Crippen molar-refractivity contribution in [3.63, 3.8) is 0 Å². The molecule has 0 aliphatic heterocycles. The first-order valence-electron chi connectivity index (χ1n) is 6.42. The Bertz CT molecular complexity index is 354. The van der Waals surface area contributed by atoms with Gasteiger partial charge in [0.1, 0.15) is 0 Å². The first kappa shape index (κ1) is 11.5. The number of nitrogens with one attached hydrogen (secondary N) is 1. The van der Waals surface area contributed by atoms with E-state index < -0.39 is 0 Å². The average Bonchev–Trinajstić information content (AvgIpc) is 2.24. The van der Waals surface area contributed by atoms with Gasteiger partial charge in [0, 0.05) is 11.7 Å². The lowest BCUT2D eigenvalue weighted by molar-refractivity contribution is 0.217. The van der Waals surface area contributed by atoms with Crippen LogP contribution in [0.4, 0.5) is 5.69 Å². The molecule has 0 bridgehead atoms. The number of aryl methyl sites for hydroxylation is 1. The van der Waals surface area contributed by atoms with Crippen molar-refractivity contribution >= 4 is 5.69 Å². The first-order valence-corrected chi connectivity index (χ1v) is 6.42. The SMILES string of the molecule is Cc1ccccc1NC1CCCCC1(C)C. The molecule has 1 fully saturated rings. The molecule has 88 valence electrons. The predicted octanol–water partition coefficient (Wildman–Crippen LogP) is 4.38. The Kier molecular flexibility index (Phi) is 3.22. The third kappa shape index (κ3) is 2.40. The summed E-state index contributed by atoms with van der Waals surface area (Å²) < 4.78 is 0. The van der Waals surface area contributed by atoms with Gasteiger partial charge in [0.25, 0.3) is 0 Å². The van der Waals surface area contributed by atoms with Crippen LogP contribution in [0.25, 0.3) is 0 Å². The summed E-state index contributed by atoms with van der Waals surface area (Å²) in [6.45, 7) is 6.96. The Morgan fingerprint density at radius 1 is 1.19 bits per heavy atom. The zero-order valence-corrected chi connectivity index (χ0v) is 10.7. The van der Waals surface area contributed by atoms with E-state index in [2.05, 4.69) is 50.4 Å². The predicted molar refractivity (Wildman–Crippen MR) is 70.8 cm³/mol. The number of hydrogen-bond donors (Lipinski definition) is 1. The maximum absolute atomic E-state index is 3.74. The van der Waals surface area contributed by atoms with Gasteiger partial charge in [-0.2, -0.15) is 0 Å². The molecule has 1 aliphatic rings. The lowest BCUT2D eigenvalue weighted by Crippen LogP contribution is -2.39. The molecular weight excluding hydrogens is 194 g/mol. The molecule has 1 atom stereocenters. The summed E-state index contributed by atoms with van der Waals surface area (Å²) in [6, 6.07) is 9.22. The highest BCUT2D eigenvalue weighted by Crippen LogP contribution is 2.37. The van der Waals surface area contributed by atoms with E-state index in [1.165, 1.54) is 36.9 Å². The fourth-order valence-corrected chi connectivity index (χ4v) is 2.68. The second-order valence-electron chi connectivity index (χ2n) is 5.75. The minimum absolute atomic E-state index is 0.431. The van der Waals surface area contributed by atoms with Gasteiger partial charge in [0.2, 0.25) is 0 Å². The van der Waals surface area contributed by atoms with Crippen molar-refractivity contribution in [2.75, 3.05) is 5.32 Å². The van der Waals surface area contributed by atoms with E-state index in [0.29, 0.717) is 11.5 Å². The largest absolute Gasteiger partial charge is 0.382 e. The van der Waals surface area contributed by atoms with Gasteiger partial charge in [0.15, 0.2) is 0 Å². The summed E-state index contributed by atoms with van der Waals surface area (Å²) in [7, 11) is 0. The molecule has 1 aliphatic carbocycles. The molecule has 0 radical (unpaired) electrons. The molecule has 1 nitrogen and oxygen atoms in total. The minimum atomic E-state index is 0.431. The topological polar surface area (TPSA) is 12.0 Å². The summed E-state index contributed by atoms with van der Waals surface area (Å²) in [5.74, 6) is 0. The van der Waals surface area contributed by atoms with E-state index in [4.69, 9.17) is 0 Å². The third-order valence-corrected chi connectivity index (χ3v) is 3.98. The smallest absolute Gasteiger partial charge is 0.0372 e. The molecule has 0 aromatic heterocycles. The van der Waals surface area contributed by atoms with Crippen molar-refractivity contribution in [2.45, 2.75) is 52.5 Å². The molecule has 16 heavy (non-hydrogen) atoms. The number of anilines is 1. The Morgan fingerprint density at radius 2 is 1.94 bits per heavy atom. The number of para-hydroxylation sites is 1. The van der Waals surface area contributed by atoms with Crippen molar-refractivity contribution in [1.29, 1.82) is 0 Å². The van der Waals surface area contributed by atoms with E-state index in [1.54, 1.807) is 0 Å². The molecule has 1 N–H and O–H groups in total. The zero-order chi connectivity index (χ0) is 11.6. The average molecular weight is 217 g/mol. The van der Waals surface area contributed by atoms with Crippen LogP contribution in [0.3, 0.4) is 0 Å². The quantitative estimate of drug-likeness (QED) is 0.775. The number of hydrogen-bond acceptors (Lipinski definition) is 1. The summed E-state index contributed by atoms with van der Waals surface area (Å²) in [6.07, 6.45) is 5.41. The normalized spacial score (nSPS) is 24.1. The molecule has 0 heterocycles. The Balaban J connectivity index is 2.12. The fourth-order valence-electron chi connectivity index (χ4n) is 2.68. The number of rotatable bonds is 2. The van der Waals surface area contributed by atoms with E-state index in [-0.39, 0.29) is 0 Å². The highest BCUT2D eigenvalue weighted by molar-refractivity contribution is 5.51. The molecule has 0 saturated heterocycles. The Morgan fingerprint density at radius 3 is 2.62 bits per heavy atom. The van der Waals surface area contributed by atoms with Crippen molar-refractivity contribution < 1.29 is 0 Å². The first-order chi connectivity index (χ1) is 7.59. The van der Waals surface area contributed by atoms with Crippen LogP contribution in [-0.4, -0.2) is 6.04 Å². The van der Waals surface area contributed by atoms with Gasteiger partial charge in [-0.15, -0.1) is 0 Å². The maximum Gasteiger partial charge on any atom is 0.0372 e. The van der Waals surface area contributed by atoms with Gasteiger partial charge in [-0.3, -0.25) is 0 Å². The van der Waals surface area contributed by atoms with Crippen LogP contribution in [0.5, 0.6) is 0 Å². The van der Waals surface area contributed by atoms with Crippen molar-refractivity contribution in [3.05, 3.63) is 29.8 Å². The Hall–Kier alpha value is -0.980. The van der Waals surface area contributed by atoms with Crippen LogP contribution in [0.2, 0.25) is 0 Å². The van der Waals surface area contributed by atoms with Crippen LogP contribution in [0.1, 0.15) is 45.1 Å². The third-order valence-electron chi connectivity index (χ3n) is 3.98. The summed E-state index contributed by atoms with van der Waals surface area (Å²) >= 11 is 0. The monoisotopic (exact) mass is 217 g/mol.